The molecular formula is C82H72N4. The Labute approximate surface area is 509 Å². The van der Waals surface area contributed by atoms with Crippen LogP contribution >= 0.6 is 0 Å². The van der Waals surface area contributed by atoms with Gasteiger partial charge >= 0.3 is 0 Å². The van der Waals surface area contributed by atoms with E-state index in [1.54, 1.807) is 0 Å². The quantitative estimate of drug-likeness (QED) is 0.128. The van der Waals surface area contributed by atoms with Crippen LogP contribution < -0.4 is 19.6 Å². The smallest absolute Gasteiger partial charge is 0.0727 e. The van der Waals surface area contributed by atoms with Gasteiger partial charge in [0.15, 0.2) is 0 Å². The zero-order chi connectivity index (χ0) is 59.2. The molecule has 2 aliphatic rings. The van der Waals surface area contributed by atoms with Crippen LogP contribution in [-0.2, 0) is 5.41 Å². The molecule has 12 aromatic rings. The number of hydrogen-bond donors (Lipinski definition) is 0. The zero-order valence-electron chi connectivity index (χ0n) is 50.8. The highest BCUT2D eigenvalue weighted by molar-refractivity contribution is 5.99. The molecule has 0 atom stereocenters. The van der Waals surface area contributed by atoms with Crippen LogP contribution in [-0.4, -0.2) is 7.05 Å². The van der Waals surface area contributed by atoms with E-state index in [1.165, 1.54) is 100 Å². The first-order valence-electron chi connectivity index (χ1n) is 30.0. The SMILES string of the molecule is Cc1ccc(N(C)c2ccc(C)cc2)cc1.Cc1ccc(N(c2ccc(C)cc2)c2ccc3c(c2)C2(c4ccccc4-3)c3cc(N(c4ccc(C)cc4)c4ccc(C)cc4)ccc3-c3ccc(N(c4ccc(C)cc4)c4ccc(C)cc4)cc32)cc1. The van der Waals surface area contributed by atoms with E-state index in [0.29, 0.717) is 0 Å². The van der Waals surface area contributed by atoms with E-state index in [2.05, 4.69) is 355 Å². The van der Waals surface area contributed by atoms with Gasteiger partial charge in [0.1, 0.15) is 0 Å². The van der Waals surface area contributed by atoms with Gasteiger partial charge in [-0.15, -0.1) is 0 Å². The molecule has 0 amide bonds. The molecule has 0 radical (unpaired) electrons. The van der Waals surface area contributed by atoms with Gasteiger partial charge < -0.3 is 19.6 Å². The van der Waals surface area contributed by atoms with Crippen LogP contribution in [0.3, 0.4) is 0 Å². The molecule has 2 aliphatic carbocycles. The summed E-state index contributed by atoms with van der Waals surface area (Å²) in [7, 11) is 2.09. The van der Waals surface area contributed by atoms with Crippen molar-refractivity contribution in [2.24, 2.45) is 0 Å². The summed E-state index contributed by atoms with van der Waals surface area (Å²) in [4.78, 5) is 9.46. The van der Waals surface area contributed by atoms with E-state index in [-0.39, 0.29) is 0 Å². The van der Waals surface area contributed by atoms with E-state index < -0.39 is 5.41 Å². The van der Waals surface area contributed by atoms with E-state index in [1.807, 2.05) is 0 Å². The first-order chi connectivity index (χ1) is 41.8. The third kappa shape index (κ3) is 10.2. The molecule has 0 aromatic heterocycles. The summed E-state index contributed by atoms with van der Waals surface area (Å²) in [6.45, 7) is 17.2. The van der Waals surface area contributed by atoms with Crippen molar-refractivity contribution < 1.29 is 0 Å². The highest BCUT2D eigenvalue weighted by Crippen LogP contribution is 2.65. The van der Waals surface area contributed by atoms with Gasteiger partial charge in [-0.2, -0.15) is 0 Å². The second-order valence-electron chi connectivity index (χ2n) is 23.7. The maximum atomic E-state index is 2.50. The van der Waals surface area contributed by atoms with E-state index in [0.717, 1.165) is 51.2 Å². The number of hydrogen-bond acceptors (Lipinski definition) is 4. The van der Waals surface area contributed by atoms with Crippen molar-refractivity contribution in [1.82, 2.24) is 0 Å². The highest BCUT2D eigenvalue weighted by atomic mass is 15.2. The maximum absolute atomic E-state index is 2.50. The zero-order valence-corrected chi connectivity index (χ0v) is 50.8. The normalized spacial score (nSPS) is 12.1. The summed E-state index contributed by atoms with van der Waals surface area (Å²) in [5.74, 6) is 0. The van der Waals surface area contributed by atoms with Gasteiger partial charge in [-0.25, -0.2) is 0 Å². The number of fused-ring (bicyclic) bond motifs is 10. The topological polar surface area (TPSA) is 13.0 Å². The second-order valence-corrected chi connectivity index (χ2v) is 23.7. The molecule has 0 aliphatic heterocycles. The highest BCUT2D eigenvalue weighted by Gasteiger charge is 2.52. The summed E-state index contributed by atoms with van der Waals surface area (Å²) in [5.41, 5.74) is 31.9. The van der Waals surface area contributed by atoms with Crippen molar-refractivity contribution in [1.29, 1.82) is 0 Å². The predicted molar refractivity (Wildman–Crippen MR) is 366 cm³/mol. The number of rotatable bonds is 11. The van der Waals surface area contributed by atoms with Crippen LogP contribution in [0.25, 0.3) is 22.3 Å². The van der Waals surface area contributed by atoms with Crippen LogP contribution in [0, 0.1) is 55.4 Å². The van der Waals surface area contributed by atoms with Crippen LogP contribution in [0.5, 0.6) is 0 Å². The van der Waals surface area contributed by atoms with Crippen LogP contribution in [0.15, 0.2) is 273 Å². The lowest BCUT2D eigenvalue weighted by Crippen LogP contribution is -2.27. The summed E-state index contributed by atoms with van der Waals surface area (Å²) in [6.07, 6.45) is 0. The Kier molecular flexibility index (Phi) is 14.6. The Morgan fingerprint density at radius 1 is 0.198 bits per heavy atom. The van der Waals surface area contributed by atoms with Crippen molar-refractivity contribution in [3.8, 4) is 22.3 Å². The van der Waals surface area contributed by atoms with Gasteiger partial charge in [0.2, 0.25) is 0 Å². The molecule has 0 saturated heterocycles. The molecular weight excluding hydrogens is 1040 g/mol. The van der Waals surface area contributed by atoms with Gasteiger partial charge in [-0.3, -0.25) is 0 Å². The Morgan fingerprint density at radius 3 is 0.640 bits per heavy atom. The molecule has 1 spiro atoms. The molecule has 86 heavy (non-hydrogen) atoms. The summed E-state index contributed by atoms with van der Waals surface area (Å²) in [6, 6.07) is 102. The lowest BCUT2D eigenvalue weighted by atomic mass is 9.70. The van der Waals surface area contributed by atoms with E-state index in [4.69, 9.17) is 0 Å². The number of aryl methyl sites for hydroxylation is 8. The molecule has 12 aromatic carbocycles. The molecule has 0 saturated carbocycles. The lowest BCUT2D eigenvalue weighted by molar-refractivity contribution is 0.793. The van der Waals surface area contributed by atoms with Crippen molar-refractivity contribution in [3.05, 3.63) is 340 Å². The molecule has 0 fully saturated rings. The van der Waals surface area contributed by atoms with Crippen LogP contribution in [0.4, 0.5) is 62.6 Å². The molecule has 420 valence electrons. The molecule has 0 unspecified atom stereocenters. The predicted octanol–water partition coefficient (Wildman–Crippen LogP) is 22.4. The van der Waals surface area contributed by atoms with Crippen molar-refractivity contribution in [3.63, 3.8) is 0 Å². The van der Waals surface area contributed by atoms with E-state index >= 15 is 0 Å². The van der Waals surface area contributed by atoms with E-state index in [9.17, 15) is 0 Å². The first-order valence-corrected chi connectivity index (χ1v) is 30.0. The van der Waals surface area contributed by atoms with Crippen molar-refractivity contribution in [2.75, 3.05) is 26.6 Å². The minimum Gasteiger partial charge on any atom is -0.345 e. The number of anilines is 11. The average molecular weight is 1110 g/mol. The third-order valence-electron chi connectivity index (χ3n) is 17.5. The second kappa shape index (κ2) is 22.8. The molecule has 14 rings (SSSR count). The molecule has 4 nitrogen and oxygen atoms in total. The van der Waals surface area contributed by atoms with Gasteiger partial charge in [0, 0.05) is 69.6 Å². The fourth-order valence-electron chi connectivity index (χ4n) is 12.8. The average Bonchev–Trinajstić information content (AvgIpc) is 1.51. The molecule has 0 bridgehead atoms. The molecule has 0 N–H and O–H groups in total. The van der Waals surface area contributed by atoms with Gasteiger partial charge in [0.25, 0.3) is 0 Å². The Morgan fingerprint density at radius 2 is 0.395 bits per heavy atom. The van der Waals surface area contributed by atoms with Crippen LogP contribution in [0.2, 0.25) is 0 Å². The van der Waals surface area contributed by atoms with Gasteiger partial charge in [-0.05, 0) is 233 Å². The van der Waals surface area contributed by atoms with Crippen LogP contribution in [0.1, 0.15) is 66.8 Å². The minimum absolute atomic E-state index is 0.677. The lowest BCUT2D eigenvalue weighted by Gasteiger charge is -2.34. The minimum atomic E-state index is -0.677. The number of benzene rings is 12. The third-order valence-corrected chi connectivity index (χ3v) is 17.5. The maximum Gasteiger partial charge on any atom is 0.0727 e. The largest absolute Gasteiger partial charge is 0.345 e. The Balaban J connectivity index is 0.000000371. The Bertz CT molecular complexity index is 3910. The number of nitrogens with zero attached hydrogens (tertiary/aromatic N) is 4. The standard InChI is InChI=1S/C67H55N3.C15H17N/c1-44-11-23-50(24-12-44)68(51-25-13-45(2)14-26-51)56-35-38-60-59-9-7-8-10-63(59)67(64(60)41-56)65-42-57(69(52-27-15-46(3)16-28-52)53-29-17-47(4)18-30-53)36-39-61(65)62-40-37-58(43-66(62)67)70(54-31-19-48(5)20-32-54)55-33-21-49(6)22-34-55;1-12-4-8-14(9-5-12)16(3)15-10-6-13(2)7-11-15/h7-43H,1-6H3;4-11H,1-3H3. The molecule has 4 heteroatoms. The Hall–Kier alpha value is -10.2. The van der Waals surface area contributed by atoms with Gasteiger partial charge in [0.05, 0.1) is 5.41 Å². The fraction of sp³-hybridized carbons (Fsp3) is 0.122. The fourth-order valence-corrected chi connectivity index (χ4v) is 12.8. The monoisotopic (exact) mass is 1110 g/mol. The van der Waals surface area contributed by atoms with Crippen molar-refractivity contribution in [2.45, 2.75) is 60.8 Å². The van der Waals surface area contributed by atoms with Gasteiger partial charge in [-0.1, -0.05) is 184 Å². The molecule has 0 heterocycles. The first kappa shape index (κ1) is 55.1. The summed E-state index contributed by atoms with van der Waals surface area (Å²) < 4.78 is 0. The summed E-state index contributed by atoms with van der Waals surface area (Å²) in [5, 5.41) is 0. The van der Waals surface area contributed by atoms with Crippen molar-refractivity contribution >= 4 is 62.6 Å². The summed E-state index contributed by atoms with van der Waals surface area (Å²) >= 11 is 0.